The first-order chi connectivity index (χ1) is 6.45. The molecule has 2 nitrogen and oxygen atoms in total. The number of alkyl halides is 3. The molecule has 0 saturated heterocycles. The normalized spacial score (nSPS) is 13.8. The van der Waals surface area contributed by atoms with E-state index in [1.807, 2.05) is 0 Å². The zero-order valence-corrected chi connectivity index (χ0v) is 9.64. The second kappa shape index (κ2) is 4.58. The minimum Gasteiger partial charge on any atom is -0.497 e. The van der Waals surface area contributed by atoms with E-state index in [0.717, 1.165) is 0 Å². The van der Waals surface area contributed by atoms with Gasteiger partial charge in [-0.3, -0.25) is 0 Å². The van der Waals surface area contributed by atoms with Gasteiger partial charge in [0, 0.05) is 0 Å². The summed E-state index contributed by atoms with van der Waals surface area (Å²) in [4.78, 5) is 0. The van der Waals surface area contributed by atoms with Crippen molar-refractivity contribution in [2.45, 2.75) is 9.90 Å². The summed E-state index contributed by atoms with van der Waals surface area (Å²) in [6.07, 6.45) is -1.14. The molecule has 0 radical (unpaired) electrons. The molecule has 0 bridgehead atoms. The molecule has 0 fully saturated rings. The van der Waals surface area contributed by atoms with Crippen molar-refractivity contribution in [3.05, 3.63) is 29.8 Å². The largest absolute Gasteiger partial charge is 0.497 e. The fourth-order valence-electron chi connectivity index (χ4n) is 0.975. The summed E-state index contributed by atoms with van der Waals surface area (Å²) in [5.74, 6) is 0.685. The van der Waals surface area contributed by atoms with Gasteiger partial charge in [0.15, 0.2) is 0 Å². The summed E-state index contributed by atoms with van der Waals surface area (Å²) in [6.45, 7) is 0. The molecule has 0 saturated carbocycles. The van der Waals surface area contributed by atoms with Gasteiger partial charge in [0.2, 0.25) is 3.79 Å². The van der Waals surface area contributed by atoms with Crippen LogP contribution in [0.1, 0.15) is 11.7 Å². The van der Waals surface area contributed by atoms with Crippen LogP contribution in [0.15, 0.2) is 24.3 Å². The van der Waals surface area contributed by atoms with Gasteiger partial charge in [-0.05, 0) is 17.7 Å². The topological polar surface area (TPSA) is 29.5 Å². The molecule has 0 amide bonds. The second-order valence-electron chi connectivity index (χ2n) is 2.72. The number of hydrogen-bond acceptors (Lipinski definition) is 2. The standard InChI is InChI=1S/C9H9Cl3O2/c1-14-7-4-2-6(3-5-7)8(13)9(10,11)12/h2-5,8,13H,1H3/t8-/m1/s1. The van der Waals surface area contributed by atoms with Gasteiger partial charge in [0.05, 0.1) is 7.11 Å². The molecule has 5 heteroatoms. The minimum absolute atomic E-state index is 0.533. The van der Waals surface area contributed by atoms with E-state index in [1.165, 1.54) is 0 Å². The molecule has 1 N–H and O–H groups in total. The average molecular weight is 256 g/mol. The zero-order valence-electron chi connectivity index (χ0n) is 7.38. The van der Waals surface area contributed by atoms with E-state index < -0.39 is 9.90 Å². The van der Waals surface area contributed by atoms with Crippen LogP contribution < -0.4 is 4.74 Å². The molecular weight excluding hydrogens is 246 g/mol. The number of aliphatic hydroxyl groups is 1. The van der Waals surface area contributed by atoms with E-state index in [1.54, 1.807) is 31.4 Å². The van der Waals surface area contributed by atoms with Gasteiger partial charge in [-0.25, -0.2) is 0 Å². The smallest absolute Gasteiger partial charge is 0.220 e. The van der Waals surface area contributed by atoms with Crippen LogP contribution in [-0.4, -0.2) is 16.0 Å². The Hall–Kier alpha value is -0.150. The van der Waals surface area contributed by atoms with Crippen molar-refractivity contribution in [1.29, 1.82) is 0 Å². The monoisotopic (exact) mass is 254 g/mol. The molecule has 0 heterocycles. The fourth-order valence-corrected chi connectivity index (χ4v) is 1.35. The van der Waals surface area contributed by atoms with E-state index >= 15 is 0 Å². The number of hydrogen-bond donors (Lipinski definition) is 1. The maximum atomic E-state index is 9.58. The highest BCUT2D eigenvalue weighted by Crippen LogP contribution is 2.39. The summed E-state index contributed by atoms with van der Waals surface area (Å²) < 4.78 is 3.24. The molecule has 1 atom stereocenters. The van der Waals surface area contributed by atoms with Crippen LogP contribution in [0, 0.1) is 0 Å². The summed E-state index contributed by atoms with van der Waals surface area (Å²) >= 11 is 16.6. The molecule has 1 aromatic rings. The fraction of sp³-hybridized carbons (Fsp3) is 0.333. The van der Waals surface area contributed by atoms with Crippen LogP contribution in [0.5, 0.6) is 5.75 Å². The van der Waals surface area contributed by atoms with Gasteiger partial charge in [-0.15, -0.1) is 0 Å². The predicted molar refractivity (Wildman–Crippen MR) is 58.2 cm³/mol. The maximum absolute atomic E-state index is 9.58. The lowest BCUT2D eigenvalue weighted by Crippen LogP contribution is -2.16. The Balaban J connectivity index is 2.87. The lowest BCUT2D eigenvalue weighted by atomic mass is 10.1. The molecule has 0 aromatic heterocycles. The van der Waals surface area contributed by atoms with E-state index in [9.17, 15) is 5.11 Å². The zero-order chi connectivity index (χ0) is 10.8. The molecule has 1 rings (SSSR count). The Morgan fingerprint density at radius 2 is 1.71 bits per heavy atom. The first-order valence-electron chi connectivity index (χ1n) is 3.84. The number of ether oxygens (including phenoxy) is 1. The molecule has 0 aliphatic carbocycles. The molecule has 0 unspecified atom stereocenters. The third-order valence-corrected chi connectivity index (χ3v) is 2.36. The molecule has 14 heavy (non-hydrogen) atoms. The quantitative estimate of drug-likeness (QED) is 0.823. The number of methoxy groups -OCH3 is 1. The van der Waals surface area contributed by atoms with Crippen molar-refractivity contribution in [2.24, 2.45) is 0 Å². The van der Waals surface area contributed by atoms with Crippen molar-refractivity contribution in [3.8, 4) is 5.75 Å². The highest BCUT2D eigenvalue weighted by molar-refractivity contribution is 6.68. The third kappa shape index (κ3) is 2.92. The Bertz CT molecular complexity index is 292. The van der Waals surface area contributed by atoms with Gasteiger partial charge < -0.3 is 9.84 Å². The van der Waals surface area contributed by atoms with E-state index in [0.29, 0.717) is 11.3 Å². The van der Waals surface area contributed by atoms with Gasteiger partial charge in [-0.1, -0.05) is 46.9 Å². The predicted octanol–water partition coefficient (Wildman–Crippen LogP) is 3.10. The Morgan fingerprint density at radius 3 is 2.07 bits per heavy atom. The Kier molecular flexibility index (Phi) is 3.90. The van der Waals surface area contributed by atoms with Crippen molar-refractivity contribution >= 4 is 34.8 Å². The third-order valence-electron chi connectivity index (χ3n) is 1.74. The van der Waals surface area contributed by atoms with Crippen molar-refractivity contribution < 1.29 is 9.84 Å². The van der Waals surface area contributed by atoms with Crippen LogP contribution >= 0.6 is 34.8 Å². The highest BCUT2D eigenvalue weighted by atomic mass is 35.6. The molecule has 0 aliphatic heterocycles. The van der Waals surface area contributed by atoms with E-state index in [2.05, 4.69) is 0 Å². The number of halogens is 3. The molecule has 0 spiro atoms. The van der Waals surface area contributed by atoms with Crippen LogP contribution in [0.25, 0.3) is 0 Å². The summed E-state index contributed by atoms with van der Waals surface area (Å²) in [7, 11) is 1.56. The minimum atomic E-state index is -1.71. The van der Waals surface area contributed by atoms with Crippen LogP contribution in [0.3, 0.4) is 0 Å². The van der Waals surface area contributed by atoms with Crippen molar-refractivity contribution in [2.75, 3.05) is 7.11 Å². The first kappa shape index (κ1) is 11.9. The lowest BCUT2D eigenvalue weighted by Gasteiger charge is -2.19. The van der Waals surface area contributed by atoms with Crippen LogP contribution in [0.4, 0.5) is 0 Å². The molecule has 1 aromatic carbocycles. The summed E-state index contributed by atoms with van der Waals surface area (Å²) in [5, 5.41) is 9.58. The number of rotatable bonds is 2. The van der Waals surface area contributed by atoms with E-state index in [4.69, 9.17) is 39.5 Å². The molecular formula is C9H9Cl3O2. The first-order valence-corrected chi connectivity index (χ1v) is 4.97. The lowest BCUT2D eigenvalue weighted by molar-refractivity contribution is 0.182. The summed E-state index contributed by atoms with van der Waals surface area (Å²) in [6, 6.07) is 6.67. The van der Waals surface area contributed by atoms with Crippen molar-refractivity contribution in [1.82, 2.24) is 0 Å². The maximum Gasteiger partial charge on any atom is 0.220 e. The van der Waals surface area contributed by atoms with Gasteiger partial charge >= 0.3 is 0 Å². The molecule has 78 valence electrons. The van der Waals surface area contributed by atoms with Crippen LogP contribution in [0.2, 0.25) is 0 Å². The number of benzene rings is 1. The van der Waals surface area contributed by atoms with Gasteiger partial charge in [-0.2, -0.15) is 0 Å². The average Bonchev–Trinajstić information content (AvgIpc) is 2.15. The van der Waals surface area contributed by atoms with Gasteiger partial charge in [0.1, 0.15) is 11.9 Å². The Morgan fingerprint density at radius 1 is 1.21 bits per heavy atom. The van der Waals surface area contributed by atoms with Gasteiger partial charge in [0.25, 0.3) is 0 Å². The second-order valence-corrected chi connectivity index (χ2v) is 5.09. The molecule has 0 aliphatic rings. The van der Waals surface area contributed by atoms with E-state index in [-0.39, 0.29) is 0 Å². The Labute approximate surface area is 97.3 Å². The number of aliphatic hydroxyl groups excluding tert-OH is 1. The highest BCUT2D eigenvalue weighted by Gasteiger charge is 2.31. The SMILES string of the molecule is COc1ccc([C@@H](O)C(Cl)(Cl)Cl)cc1. The van der Waals surface area contributed by atoms with Crippen molar-refractivity contribution in [3.63, 3.8) is 0 Å². The van der Waals surface area contributed by atoms with Crippen LogP contribution in [-0.2, 0) is 0 Å². The summed E-state index contributed by atoms with van der Waals surface area (Å²) in [5.41, 5.74) is 0.533.